The van der Waals surface area contributed by atoms with Gasteiger partial charge in [-0.2, -0.15) is 0 Å². The zero-order chi connectivity index (χ0) is 22.3. The van der Waals surface area contributed by atoms with Crippen molar-refractivity contribution in [3.63, 3.8) is 0 Å². The molecule has 1 fully saturated rings. The van der Waals surface area contributed by atoms with Crippen LogP contribution in [0.4, 0.5) is 0 Å². The minimum Gasteiger partial charge on any atom is -0.496 e. The summed E-state index contributed by atoms with van der Waals surface area (Å²) in [6.07, 6.45) is 5.77. The highest BCUT2D eigenvalue weighted by molar-refractivity contribution is 5.80. The van der Waals surface area contributed by atoms with Crippen molar-refractivity contribution in [2.75, 3.05) is 34.5 Å². The molecular formula is C26H35NO4. The largest absolute Gasteiger partial charge is 0.496 e. The van der Waals surface area contributed by atoms with Crippen LogP contribution in [0.25, 0.3) is 0 Å². The average molecular weight is 426 g/mol. The summed E-state index contributed by atoms with van der Waals surface area (Å²) in [5.41, 5.74) is 2.10. The molecular weight excluding hydrogens is 390 g/mol. The van der Waals surface area contributed by atoms with Crippen molar-refractivity contribution >= 4 is 6.21 Å². The number of hydrogen-bond acceptors (Lipinski definition) is 5. The van der Waals surface area contributed by atoms with E-state index in [-0.39, 0.29) is 11.0 Å². The third-order valence-corrected chi connectivity index (χ3v) is 6.54. The van der Waals surface area contributed by atoms with Gasteiger partial charge in [0.05, 0.1) is 26.9 Å². The first kappa shape index (κ1) is 23.1. The summed E-state index contributed by atoms with van der Waals surface area (Å²) < 4.78 is 22.6. The molecule has 2 aromatic carbocycles. The Bertz CT molecular complexity index is 897. The van der Waals surface area contributed by atoms with E-state index in [0.29, 0.717) is 5.75 Å². The third-order valence-electron chi connectivity index (χ3n) is 6.54. The minimum absolute atomic E-state index is 0.0233. The fraction of sp³-hybridized carbons (Fsp3) is 0.500. The summed E-state index contributed by atoms with van der Waals surface area (Å²) in [5.74, 6) is 2.38. The quantitative estimate of drug-likeness (QED) is 0.502. The molecule has 0 bridgehead atoms. The average Bonchev–Trinajstić information content (AvgIpc) is 2.81. The number of methoxy groups -OCH3 is 3. The molecule has 0 radical (unpaired) electrons. The van der Waals surface area contributed by atoms with Crippen molar-refractivity contribution in [2.24, 2.45) is 4.99 Å². The van der Waals surface area contributed by atoms with Crippen LogP contribution in [0.1, 0.15) is 50.7 Å². The molecule has 0 N–H and O–H groups in total. The fourth-order valence-corrected chi connectivity index (χ4v) is 4.62. The third kappa shape index (κ3) is 5.21. The van der Waals surface area contributed by atoms with Crippen LogP contribution in [0.2, 0.25) is 0 Å². The SMILES string of the molecule is CC[C@@]1(C)C[C@](CCN=Cc2ccc(OC)c(OC)c2)(c2ccccc2OC)CCO1. The molecule has 0 saturated carbocycles. The molecule has 5 heteroatoms. The maximum atomic E-state index is 6.18. The second kappa shape index (κ2) is 10.2. The topological polar surface area (TPSA) is 49.3 Å². The van der Waals surface area contributed by atoms with E-state index in [9.17, 15) is 0 Å². The molecule has 2 aromatic rings. The van der Waals surface area contributed by atoms with Crippen LogP contribution in [0.5, 0.6) is 17.2 Å². The highest BCUT2D eigenvalue weighted by Crippen LogP contribution is 2.48. The van der Waals surface area contributed by atoms with Crippen molar-refractivity contribution in [1.82, 2.24) is 0 Å². The van der Waals surface area contributed by atoms with Crippen molar-refractivity contribution in [2.45, 2.75) is 50.5 Å². The number of benzene rings is 2. The highest BCUT2D eigenvalue weighted by atomic mass is 16.5. The van der Waals surface area contributed by atoms with Crippen molar-refractivity contribution in [3.8, 4) is 17.2 Å². The Kier molecular flexibility index (Phi) is 7.60. The van der Waals surface area contributed by atoms with Crippen molar-refractivity contribution < 1.29 is 18.9 Å². The van der Waals surface area contributed by atoms with Gasteiger partial charge >= 0.3 is 0 Å². The van der Waals surface area contributed by atoms with Crippen LogP contribution < -0.4 is 14.2 Å². The summed E-state index contributed by atoms with van der Waals surface area (Å²) in [5, 5.41) is 0. The van der Waals surface area contributed by atoms with E-state index in [1.807, 2.05) is 30.5 Å². The van der Waals surface area contributed by atoms with E-state index < -0.39 is 0 Å². The van der Waals surface area contributed by atoms with Crippen LogP contribution in [0.15, 0.2) is 47.5 Å². The van der Waals surface area contributed by atoms with Crippen LogP contribution in [-0.4, -0.2) is 46.3 Å². The van der Waals surface area contributed by atoms with Gasteiger partial charge < -0.3 is 18.9 Å². The Morgan fingerprint density at radius 1 is 1.00 bits per heavy atom. The summed E-state index contributed by atoms with van der Waals surface area (Å²) >= 11 is 0. The predicted molar refractivity (Wildman–Crippen MR) is 125 cm³/mol. The standard InChI is InChI=1S/C26H35NO4/c1-6-25(2)19-26(14-16-31-25,21-9-7-8-10-22(21)28-3)13-15-27-18-20-11-12-23(29-4)24(17-20)30-5/h7-12,17-18H,6,13-16,19H2,1-5H3/t25-,26+/m0/s1. The summed E-state index contributed by atoms with van der Waals surface area (Å²) in [6.45, 7) is 5.91. The first-order valence-electron chi connectivity index (χ1n) is 11.0. The number of rotatable bonds is 9. The van der Waals surface area contributed by atoms with E-state index in [2.05, 4.69) is 32.0 Å². The lowest BCUT2D eigenvalue weighted by atomic mass is 9.66. The van der Waals surface area contributed by atoms with Crippen molar-refractivity contribution in [1.29, 1.82) is 0 Å². The highest BCUT2D eigenvalue weighted by Gasteiger charge is 2.44. The maximum absolute atomic E-state index is 6.18. The molecule has 0 spiro atoms. The van der Waals surface area contributed by atoms with E-state index in [1.54, 1.807) is 21.3 Å². The Morgan fingerprint density at radius 2 is 1.74 bits per heavy atom. The molecule has 5 nitrogen and oxygen atoms in total. The molecule has 1 aliphatic rings. The molecule has 0 aromatic heterocycles. The van der Waals surface area contributed by atoms with Gasteiger partial charge in [-0.05, 0) is 62.4 Å². The van der Waals surface area contributed by atoms with Gasteiger partial charge in [-0.15, -0.1) is 0 Å². The molecule has 1 aliphatic heterocycles. The smallest absolute Gasteiger partial charge is 0.161 e. The zero-order valence-electron chi connectivity index (χ0n) is 19.4. The molecule has 0 unspecified atom stereocenters. The first-order valence-corrected chi connectivity index (χ1v) is 11.0. The second-order valence-electron chi connectivity index (χ2n) is 8.46. The van der Waals surface area contributed by atoms with E-state index in [0.717, 1.165) is 55.9 Å². The minimum atomic E-state index is -0.133. The molecule has 0 amide bonds. The maximum Gasteiger partial charge on any atom is 0.161 e. The Morgan fingerprint density at radius 3 is 2.45 bits per heavy atom. The molecule has 1 saturated heterocycles. The predicted octanol–water partition coefficient (Wildman–Crippen LogP) is 5.44. The molecule has 168 valence electrons. The van der Waals surface area contributed by atoms with Gasteiger partial charge in [0.25, 0.3) is 0 Å². The van der Waals surface area contributed by atoms with Gasteiger partial charge in [-0.25, -0.2) is 0 Å². The molecule has 0 aliphatic carbocycles. The van der Waals surface area contributed by atoms with Crippen molar-refractivity contribution in [3.05, 3.63) is 53.6 Å². The van der Waals surface area contributed by atoms with Gasteiger partial charge in [0, 0.05) is 30.3 Å². The number of para-hydroxylation sites is 1. The van der Waals surface area contributed by atoms with Crippen LogP contribution in [0, 0.1) is 0 Å². The lowest BCUT2D eigenvalue weighted by Gasteiger charge is -2.47. The number of ether oxygens (including phenoxy) is 4. The number of hydrogen-bond donors (Lipinski definition) is 0. The number of nitrogens with zero attached hydrogens (tertiary/aromatic N) is 1. The van der Waals surface area contributed by atoms with E-state index in [4.69, 9.17) is 23.9 Å². The van der Waals surface area contributed by atoms with Crippen LogP contribution in [0.3, 0.4) is 0 Å². The lowest BCUT2D eigenvalue weighted by Crippen LogP contribution is -2.46. The fourth-order valence-electron chi connectivity index (χ4n) is 4.62. The summed E-state index contributed by atoms with van der Waals surface area (Å²) in [7, 11) is 5.03. The van der Waals surface area contributed by atoms with Crippen LogP contribution >= 0.6 is 0 Å². The van der Waals surface area contributed by atoms with Gasteiger partial charge in [-0.1, -0.05) is 25.1 Å². The Balaban J connectivity index is 1.82. The van der Waals surface area contributed by atoms with E-state index >= 15 is 0 Å². The van der Waals surface area contributed by atoms with Gasteiger partial charge in [0.1, 0.15) is 5.75 Å². The summed E-state index contributed by atoms with van der Waals surface area (Å²) in [6, 6.07) is 14.2. The molecule has 2 atom stereocenters. The monoisotopic (exact) mass is 425 g/mol. The molecule has 1 heterocycles. The normalized spacial score (nSPS) is 23.6. The Labute approximate surface area is 186 Å². The second-order valence-corrected chi connectivity index (χ2v) is 8.46. The summed E-state index contributed by atoms with van der Waals surface area (Å²) in [4.78, 5) is 4.76. The Hall–Kier alpha value is -2.53. The van der Waals surface area contributed by atoms with Gasteiger partial charge in [-0.3, -0.25) is 4.99 Å². The molecule has 3 rings (SSSR count). The van der Waals surface area contributed by atoms with E-state index in [1.165, 1.54) is 5.56 Å². The van der Waals surface area contributed by atoms with Gasteiger partial charge in [0.15, 0.2) is 11.5 Å². The lowest BCUT2D eigenvalue weighted by molar-refractivity contribution is -0.0979. The van der Waals surface area contributed by atoms with Gasteiger partial charge in [0.2, 0.25) is 0 Å². The number of aliphatic imine (C=N–C) groups is 1. The zero-order valence-corrected chi connectivity index (χ0v) is 19.4. The molecule has 31 heavy (non-hydrogen) atoms. The van der Waals surface area contributed by atoms with Crippen LogP contribution in [-0.2, 0) is 10.2 Å². The first-order chi connectivity index (χ1) is 15.0.